The van der Waals surface area contributed by atoms with Crippen LogP contribution in [0.5, 0.6) is 5.88 Å². The fraction of sp³-hybridized carbons (Fsp3) is 0.333. The predicted molar refractivity (Wildman–Crippen MR) is 99.1 cm³/mol. The first kappa shape index (κ1) is 19.2. The Kier molecular flexibility index (Phi) is 6.74. The highest BCUT2D eigenvalue weighted by atomic mass is 32.2. The van der Waals surface area contributed by atoms with E-state index in [1.165, 1.54) is 6.33 Å². The van der Waals surface area contributed by atoms with Gasteiger partial charge in [0.05, 0.1) is 12.2 Å². The molecule has 1 aromatic carbocycles. The van der Waals surface area contributed by atoms with Gasteiger partial charge in [-0.3, -0.25) is 4.72 Å². The Bertz CT molecular complexity index is 800. The van der Waals surface area contributed by atoms with Gasteiger partial charge in [0, 0.05) is 6.54 Å². The lowest BCUT2D eigenvalue weighted by atomic mass is 9.94. The Hall–Kier alpha value is -2.17. The van der Waals surface area contributed by atoms with Crippen molar-refractivity contribution in [1.29, 1.82) is 0 Å². The van der Waals surface area contributed by atoms with Gasteiger partial charge in [-0.05, 0) is 12.0 Å². The summed E-state index contributed by atoms with van der Waals surface area (Å²) in [7, 11) is -1.82. The molecule has 0 atom stereocenters. The van der Waals surface area contributed by atoms with Crippen LogP contribution in [0.15, 0.2) is 30.6 Å². The molecule has 0 unspecified atom stereocenters. The van der Waals surface area contributed by atoms with E-state index in [-0.39, 0.29) is 24.9 Å². The summed E-state index contributed by atoms with van der Waals surface area (Å²) in [4.78, 5) is 8.12. The summed E-state index contributed by atoms with van der Waals surface area (Å²) in [6, 6.07) is 7.45. The van der Waals surface area contributed by atoms with Crippen LogP contribution in [0.2, 0.25) is 0 Å². The Morgan fingerprint density at radius 1 is 1.24 bits per heavy atom. The average molecular weight is 364 g/mol. The molecule has 1 aromatic heterocycles. The fourth-order valence-electron chi connectivity index (χ4n) is 2.08. The van der Waals surface area contributed by atoms with Crippen LogP contribution < -0.4 is 19.6 Å². The second-order valence-electron chi connectivity index (χ2n) is 5.34. The summed E-state index contributed by atoms with van der Waals surface area (Å²) in [5.41, 5.74) is 2.18. The van der Waals surface area contributed by atoms with Gasteiger partial charge in [0.1, 0.15) is 20.8 Å². The van der Waals surface area contributed by atoms with E-state index >= 15 is 0 Å². The standard InChI is InChI=1S/C15H21BN4O4S/c1-2-7-19-25(22,23)20-14-13(11-3-5-12(16)6-4-11)15(18-10-17-14)24-9-8-21/h3-6,10,19,21H,2,7-9,16H2,1H3,(H,17,18,20). The van der Waals surface area contributed by atoms with Crippen molar-refractivity contribution < 1.29 is 18.3 Å². The summed E-state index contributed by atoms with van der Waals surface area (Å²) in [5, 5.41) is 8.99. The molecule has 8 nitrogen and oxygen atoms in total. The molecule has 1 heterocycles. The Morgan fingerprint density at radius 2 is 1.96 bits per heavy atom. The van der Waals surface area contributed by atoms with E-state index in [2.05, 4.69) is 19.4 Å². The van der Waals surface area contributed by atoms with E-state index < -0.39 is 10.2 Å². The molecule has 0 spiro atoms. The zero-order valence-electron chi connectivity index (χ0n) is 14.2. The highest BCUT2D eigenvalue weighted by molar-refractivity contribution is 7.90. The summed E-state index contributed by atoms with van der Waals surface area (Å²) < 4.78 is 34.6. The van der Waals surface area contributed by atoms with Crippen molar-refractivity contribution in [2.24, 2.45) is 0 Å². The summed E-state index contributed by atoms with van der Waals surface area (Å²) in [6.45, 7) is 2.03. The molecule has 3 N–H and O–H groups in total. The second kappa shape index (κ2) is 8.79. The third-order valence-electron chi connectivity index (χ3n) is 3.26. The molecule has 0 aliphatic rings. The molecule has 10 heteroatoms. The molecular weight excluding hydrogens is 343 g/mol. The monoisotopic (exact) mass is 364 g/mol. The van der Waals surface area contributed by atoms with Crippen LogP contribution in [0.3, 0.4) is 0 Å². The average Bonchev–Trinajstić information content (AvgIpc) is 2.59. The SMILES string of the molecule is Bc1ccc(-c2c(NS(=O)(=O)NCCC)ncnc2OCCO)cc1. The lowest BCUT2D eigenvalue weighted by Gasteiger charge is -2.15. The molecule has 0 bridgehead atoms. The van der Waals surface area contributed by atoms with Crippen LogP contribution in [0.1, 0.15) is 13.3 Å². The van der Waals surface area contributed by atoms with Gasteiger partial charge in [-0.1, -0.05) is 36.7 Å². The Morgan fingerprint density at radius 3 is 2.60 bits per heavy atom. The number of aromatic nitrogens is 2. The van der Waals surface area contributed by atoms with Crippen molar-refractivity contribution in [3.05, 3.63) is 30.6 Å². The largest absolute Gasteiger partial charge is 0.475 e. The third kappa shape index (κ3) is 5.41. The van der Waals surface area contributed by atoms with Gasteiger partial charge < -0.3 is 9.84 Å². The molecule has 0 radical (unpaired) electrons. The van der Waals surface area contributed by atoms with E-state index in [0.29, 0.717) is 24.1 Å². The van der Waals surface area contributed by atoms with Crippen LogP contribution in [-0.4, -0.2) is 51.1 Å². The van der Waals surface area contributed by atoms with E-state index in [1.54, 1.807) is 0 Å². The minimum Gasteiger partial charge on any atom is -0.475 e. The number of ether oxygens (including phenoxy) is 1. The van der Waals surface area contributed by atoms with Gasteiger partial charge in [0.2, 0.25) is 5.88 Å². The number of nitrogens with one attached hydrogen (secondary N) is 2. The Balaban J connectivity index is 2.46. The van der Waals surface area contributed by atoms with Gasteiger partial charge in [-0.25, -0.2) is 9.97 Å². The number of benzene rings is 1. The molecule has 0 aliphatic heterocycles. The van der Waals surface area contributed by atoms with Gasteiger partial charge in [0.15, 0.2) is 5.82 Å². The van der Waals surface area contributed by atoms with Gasteiger partial charge >= 0.3 is 0 Å². The van der Waals surface area contributed by atoms with E-state index in [0.717, 1.165) is 5.46 Å². The van der Waals surface area contributed by atoms with Crippen LogP contribution >= 0.6 is 0 Å². The second-order valence-corrected chi connectivity index (χ2v) is 6.84. The summed E-state index contributed by atoms with van der Waals surface area (Å²) >= 11 is 0. The van der Waals surface area contributed by atoms with Crippen molar-refractivity contribution in [3.8, 4) is 17.0 Å². The number of aliphatic hydroxyl groups excluding tert-OH is 1. The first-order valence-electron chi connectivity index (χ1n) is 7.90. The fourth-order valence-corrected chi connectivity index (χ4v) is 3.03. The maximum absolute atomic E-state index is 12.2. The van der Waals surface area contributed by atoms with Crippen molar-refractivity contribution in [2.75, 3.05) is 24.5 Å². The molecule has 0 amide bonds. The minimum atomic E-state index is -3.77. The van der Waals surface area contributed by atoms with Crippen molar-refractivity contribution in [3.63, 3.8) is 0 Å². The Labute approximate surface area is 148 Å². The van der Waals surface area contributed by atoms with E-state index in [9.17, 15) is 8.42 Å². The van der Waals surface area contributed by atoms with Gasteiger partial charge in [-0.2, -0.15) is 13.1 Å². The number of anilines is 1. The molecular formula is C15H21BN4O4S. The van der Waals surface area contributed by atoms with Crippen molar-refractivity contribution >= 4 is 29.3 Å². The first-order chi connectivity index (χ1) is 12.0. The first-order valence-corrected chi connectivity index (χ1v) is 9.38. The molecule has 0 fully saturated rings. The predicted octanol–water partition coefficient (Wildman–Crippen LogP) is -0.571. The van der Waals surface area contributed by atoms with Crippen LogP contribution in [0, 0.1) is 0 Å². The van der Waals surface area contributed by atoms with Crippen LogP contribution in [0.4, 0.5) is 5.82 Å². The number of hydrogen-bond acceptors (Lipinski definition) is 6. The quantitative estimate of drug-likeness (QED) is 0.514. The lowest BCUT2D eigenvalue weighted by molar-refractivity contribution is 0.197. The number of aliphatic hydroxyl groups is 1. The molecule has 0 aliphatic carbocycles. The summed E-state index contributed by atoms with van der Waals surface area (Å²) in [6.07, 6.45) is 1.88. The number of nitrogens with zero attached hydrogens (tertiary/aromatic N) is 2. The normalized spacial score (nSPS) is 11.3. The molecule has 25 heavy (non-hydrogen) atoms. The lowest BCUT2D eigenvalue weighted by Crippen LogP contribution is -2.31. The summed E-state index contributed by atoms with van der Waals surface area (Å²) in [5.74, 6) is 0.302. The number of hydrogen-bond donors (Lipinski definition) is 3. The highest BCUT2D eigenvalue weighted by Gasteiger charge is 2.19. The van der Waals surface area contributed by atoms with Crippen molar-refractivity contribution in [2.45, 2.75) is 13.3 Å². The molecule has 2 rings (SSSR count). The van der Waals surface area contributed by atoms with Gasteiger partial charge in [0.25, 0.3) is 10.2 Å². The molecule has 2 aromatic rings. The van der Waals surface area contributed by atoms with Crippen molar-refractivity contribution in [1.82, 2.24) is 14.7 Å². The minimum absolute atomic E-state index is 0.0378. The molecule has 0 saturated heterocycles. The highest BCUT2D eigenvalue weighted by Crippen LogP contribution is 2.33. The smallest absolute Gasteiger partial charge is 0.300 e. The van der Waals surface area contributed by atoms with E-state index in [1.807, 2.05) is 39.0 Å². The van der Waals surface area contributed by atoms with Crippen LogP contribution in [0.25, 0.3) is 11.1 Å². The molecule has 0 saturated carbocycles. The topological polar surface area (TPSA) is 113 Å². The van der Waals surface area contributed by atoms with Gasteiger partial charge in [-0.15, -0.1) is 0 Å². The maximum atomic E-state index is 12.2. The number of rotatable bonds is 9. The van der Waals surface area contributed by atoms with E-state index in [4.69, 9.17) is 9.84 Å². The zero-order valence-corrected chi connectivity index (χ0v) is 15.0. The van der Waals surface area contributed by atoms with Crippen LogP contribution in [-0.2, 0) is 10.2 Å². The molecule has 134 valence electrons. The zero-order chi connectivity index (χ0) is 18.3. The maximum Gasteiger partial charge on any atom is 0.300 e. The third-order valence-corrected chi connectivity index (χ3v) is 4.30.